The molecule has 0 aliphatic rings. The summed E-state index contributed by atoms with van der Waals surface area (Å²) in [6.07, 6.45) is 0.962. The fraction of sp³-hybridized carbons (Fsp3) is 0.250. The van der Waals surface area contributed by atoms with Gasteiger partial charge in [0.1, 0.15) is 0 Å². The molecule has 0 saturated heterocycles. The Labute approximate surface area is 88.6 Å². The quantitative estimate of drug-likeness (QED) is 0.831. The lowest BCUT2D eigenvalue weighted by Crippen LogP contribution is -2.02. The van der Waals surface area contributed by atoms with Crippen molar-refractivity contribution in [2.75, 3.05) is 6.54 Å². The van der Waals surface area contributed by atoms with Crippen molar-refractivity contribution in [2.45, 2.75) is 6.42 Å². The third-order valence-corrected chi connectivity index (χ3v) is 3.74. The smallest absolute Gasteiger partial charge is 0.0309 e. The van der Waals surface area contributed by atoms with E-state index in [-0.39, 0.29) is 0 Å². The summed E-state index contributed by atoms with van der Waals surface area (Å²) >= 11 is 5.74. The molecule has 1 rings (SSSR count). The van der Waals surface area contributed by atoms with E-state index in [4.69, 9.17) is 5.73 Å². The second-order valence-corrected chi connectivity index (χ2v) is 4.30. The van der Waals surface area contributed by atoms with Gasteiger partial charge in [-0.3, -0.25) is 0 Å². The van der Waals surface area contributed by atoms with Crippen molar-refractivity contribution < 1.29 is 0 Å². The van der Waals surface area contributed by atoms with Crippen LogP contribution in [0.3, 0.4) is 0 Å². The highest BCUT2D eigenvalue weighted by Gasteiger charge is 1.96. The second-order valence-electron chi connectivity index (χ2n) is 2.29. The highest BCUT2D eigenvalue weighted by molar-refractivity contribution is 14.1. The molecule has 0 radical (unpaired) electrons. The molecule has 11 heavy (non-hydrogen) atoms. The number of benzene rings is 1. The maximum absolute atomic E-state index is 5.43. The largest absolute Gasteiger partial charge is 0.330 e. The lowest BCUT2D eigenvalue weighted by Gasteiger charge is -2.00. The predicted octanol–water partition coefficient (Wildman–Crippen LogP) is 2.55. The molecule has 1 aromatic carbocycles. The SMILES string of the molecule is NCCc1ccc(Br)c(I)c1. The van der Waals surface area contributed by atoms with E-state index in [9.17, 15) is 0 Å². The zero-order chi connectivity index (χ0) is 8.27. The first kappa shape index (κ1) is 9.48. The fourth-order valence-electron chi connectivity index (χ4n) is 0.862. The molecule has 1 aromatic rings. The van der Waals surface area contributed by atoms with Crippen LogP contribution in [0.4, 0.5) is 0 Å². The van der Waals surface area contributed by atoms with E-state index in [1.807, 2.05) is 0 Å². The Hall–Kier alpha value is 0.390. The number of nitrogens with two attached hydrogens (primary N) is 1. The molecule has 2 N–H and O–H groups in total. The van der Waals surface area contributed by atoms with Crippen LogP contribution in [-0.2, 0) is 6.42 Å². The lowest BCUT2D eigenvalue weighted by molar-refractivity contribution is 0.967. The minimum Gasteiger partial charge on any atom is -0.330 e. The summed E-state index contributed by atoms with van der Waals surface area (Å²) in [7, 11) is 0. The van der Waals surface area contributed by atoms with Gasteiger partial charge in [0, 0.05) is 8.04 Å². The number of rotatable bonds is 2. The Balaban J connectivity index is 2.86. The van der Waals surface area contributed by atoms with Crippen LogP contribution in [0.2, 0.25) is 0 Å². The van der Waals surface area contributed by atoms with E-state index in [0.29, 0.717) is 0 Å². The predicted molar refractivity (Wildman–Crippen MR) is 59.6 cm³/mol. The van der Waals surface area contributed by atoms with E-state index >= 15 is 0 Å². The Kier molecular flexibility index (Phi) is 3.81. The number of hydrogen-bond acceptors (Lipinski definition) is 1. The van der Waals surface area contributed by atoms with Gasteiger partial charge in [-0.1, -0.05) is 6.07 Å². The van der Waals surface area contributed by atoms with E-state index in [1.54, 1.807) is 0 Å². The zero-order valence-electron chi connectivity index (χ0n) is 5.98. The second kappa shape index (κ2) is 4.42. The first-order chi connectivity index (χ1) is 5.24. The average molecular weight is 326 g/mol. The van der Waals surface area contributed by atoms with Crippen molar-refractivity contribution in [3.05, 3.63) is 31.8 Å². The van der Waals surface area contributed by atoms with Gasteiger partial charge in [0.05, 0.1) is 0 Å². The molecule has 0 saturated carbocycles. The molecular weight excluding hydrogens is 317 g/mol. The molecule has 3 heteroatoms. The topological polar surface area (TPSA) is 26.0 Å². The molecular formula is C8H9BrIN. The van der Waals surface area contributed by atoms with Crippen LogP contribution < -0.4 is 5.73 Å². The molecule has 0 atom stereocenters. The highest BCUT2D eigenvalue weighted by Crippen LogP contribution is 2.19. The first-order valence-corrected chi connectivity index (χ1v) is 5.25. The molecule has 0 aliphatic heterocycles. The van der Waals surface area contributed by atoms with Gasteiger partial charge < -0.3 is 5.73 Å². The summed E-state index contributed by atoms with van der Waals surface area (Å²) in [5.41, 5.74) is 6.74. The molecule has 60 valence electrons. The van der Waals surface area contributed by atoms with Crippen LogP contribution in [0.15, 0.2) is 22.7 Å². The molecule has 0 heterocycles. The van der Waals surface area contributed by atoms with Crippen molar-refractivity contribution in [1.82, 2.24) is 0 Å². The maximum atomic E-state index is 5.43. The van der Waals surface area contributed by atoms with Gasteiger partial charge in [0.25, 0.3) is 0 Å². The van der Waals surface area contributed by atoms with Crippen LogP contribution in [0, 0.1) is 3.57 Å². The number of hydrogen-bond donors (Lipinski definition) is 1. The van der Waals surface area contributed by atoms with Gasteiger partial charge >= 0.3 is 0 Å². The highest BCUT2D eigenvalue weighted by atomic mass is 127. The van der Waals surface area contributed by atoms with Gasteiger partial charge in [-0.2, -0.15) is 0 Å². The van der Waals surface area contributed by atoms with Crippen molar-refractivity contribution in [3.63, 3.8) is 0 Å². The Morgan fingerprint density at radius 2 is 2.18 bits per heavy atom. The summed E-state index contributed by atoms with van der Waals surface area (Å²) in [6.45, 7) is 0.720. The van der Waals surface area contributed by atoms with Crippen LogP contribution in [0.25, 0.3) is 0 Å². The minimum atomic E-state index is 0.720. The van der Waals surface area contributed by atoms with E-state index < -0.39 is 0 Å². The van der Waals surface area contributed by atoms with E-state index in [2.05, 4.69) is 56.7 Å². The summed E-state index contributed by atoms with van der Waals surface area (Å²) in [5, 5.41) is 0. The fourth-order valence-corrected chi connectivity index (χ4v) is 1.69. The van der Waals surface area contributed by atoms with Crippen molar-refractivity contribution in [1.29, 1.82) is 0 Å². The molecule has 0 spiro atoms. The third-order valence-electron chi connectivity index (χ3n) is 1.42. The molecule has 0 fully saturated rings. The standard InChI is InChI=1S/C8H9BrIN/c9-7-2-1-6(3-4-11)5-8(7)10/h1-2,5H,3-4,11H2. The van der Waals surface area contributed by atoms with Gasteiger partial charge in [-0.05, 0) is 69.2 Å². The molecule has 0 amide bonds. The third kappa shape index (κ3) is 2.72. The van der Waals surface area contributed by atoms with E-state index in [1.165, 1.54) is 9.13 Å². The van der Waals surface area contributed by atoms with Crippen LogP contribution in [0.1, 0.15) is 5.56 Å². The first-order valence-electron chi connectivity index (χ1n) is 3.38. The summed E-state index contributed by atoms with van der Waals surface area (Å²) in [5.74, 6) is 0. The number of halogens is 2. The molecule has 0 aliphatic carbocycles. The Bertz CT molecular complexity index is 250. The normalized spacial score (nSPS) is 10.1. The minimum absolute atomic E-state index is 0.720. The average Bonchev–Trinajstić information content (AvgIpc) is 1.98. The summed E-state index contributed by atoms with van der Waals surface area (Å²) < 4.78 is 2.40. The summed E-state index contributed by atoms with van der Waals surface area (Å²) in [4.78, 5) is 0. The maximum Gasteiger partial charge on any atom is 0.0309 e. The van der Waals surface area contributed by atoms with Crippen molar-refractivity contribution in [3.8, 4) is 0 Å². The van der Waals surface area contributed by atoms with Crippen LogP contribution in [0.5, 0.6) is 0 Å². The van der Waals surface area contributed by atoms with Crippen LogP contribution >= 0.6 is 38.5 Å². The van der Waals surface area contributed by atoms with Gasteiger partial charge in [-0.25, -0.2) is 0 Å². The van der Waals surface area contributed by atoms with Crippen LogP contribution in [-0.4, -0.2) is 6.54 Å². The molecule has 0 bridgehead atoms. The van der Waals surface area contributed by atoms with Gasteiger partial charge in [-0.15, -0.1) is 0 Å². The van der Waals surface area contributed by atoms with Crippen molar-refractivity contribution >= 4 is 38.5 Å². The Morgan fingerprint density at radius 1 is 1.45 bits per heavy atom. The molecule has 1 nitrogen and oxygen atoms in total. The lowest BCUT2D eigenvalue weighted by atomic mass is 10.2. The van der Waals surface area contributed by atoms with Gasteiger partial charge in [0.15, 0.2) is 0 Å². The van der Waals surface area contributed by atoms with E-state index in [0.717, 1.165) is 17.4 Å². The summed E-state index contributed by atoms with van der Waals surface area (Å²) in [6, 6.07) is 6.31. The monoisotopic (exact) mass is 325 g/mol. The Morgan fingerprint density at radius 3 is 2.73 bits per heavy atom. The molecule has 0 aromatic heterocycles. The molecule has 0 unspecified atom stereocenters. The van der Waals surface area contributed by atoms with Gasteiger partial charge in [0.2, 0.25) is 0 Å². The van der Waals surface area contributed by atoms with Crippen molar-refractivity contribution in [2.24, 2.45) is 5.73 Å². The zero-order valence-corrected chi connectivity index (χ0v) is 9.72.